The molecule has 3 aliphatic carbocycles. The summed E-state index contributed by atoms with van der Waals surface area (Å²) in [6, 6.07) is 9.95. The van der Waals surface area contributed by atoms with Gasteiger partial charge in [-0.1, -0.05) is 57.2 Å². The number of nitrogens with one attached hydrogen (secondary N) is 3. The molecular formula is C40H51FN4O8S. The number of likely N-dealkylation sites (tertiary alicyclic amines) is 1. The van der Waals surface area contributed by atoms with E-state index in [9.17, 15) is 32.0 Å². The largest absolute Gasteiger partial charge is 0.446 e. The van der Waals surface area contributed by atoms with Crippen molar-refractivity contribution in [2.75, 3.05) is 13.7 Å². The number of benzene rings is 2. The third kappa shape index (κ3) is 7.91. The highest BCUT2D eigenvalue weighted by molar-refractivity contribution is 7.91. The van der Waals surface area contributed by atoms with Crippen molar-refractivity contribution in [1.82, 2.24) is 20.3 Å². The summed E-state index contributed by atoms with van der Waals surface area (Å²) in [4.78, 5) is 57.3. The zero-order valence-corrected chi connectivity index (χ0v) is 32.4. The molecule has 0 bridgehead atoms. The number of hydrogen-bond acceptors (Lipinski definition) is 8. The van der Waals surface area contributed by atoms with Gasteiger partial charge >= 0.3 is 6.09 Å². The molecule has 2 aromatic carbocycles. The Morgan fingerprint density at radius 1 is 1.00 bits per heavy atom. The first kappa shape index (κ1) is 39.4. The van der Waals surface area contributed by atoms with Crippen molar-refractivity contribution < 1.29 is 41.5 Å². The smallest absolute Gasteiger partial charge is 0.408 e. The molecule has 0 spiro atoms. The van der Waals surface area contributed by atoms with Gasteiger partial charge in [0, 0.05) is 19.4 Å². The van der Waals surface area contributed by atoms with Crippen LogP contribution in [-0.4, -0.2) is 79.8 Å². The highest BCUT2D eigenvalue weighted by atomic mass is 32.2. The lowest BCUT2D eigenvalue weighted by Crippen LogP contribution is -2.60. The van der Waals surface area contributed by atoms with Crippen LogP contribution in [0.15, 0.2) is 55.1 Å². The van der Waals surface area contributed by atoms with E-state index in [1.54, 1.807) is 39.8 Å². The van der Waals surface area contributed by atoms with Crippen molar-refractivity contribution in [2.45, 2.75) is 114 Å². The maximum atomic E-state index is 14.7. The van der Waals surface area contributed by atoms with E-state index in [4.69, 9.17) is 9.47 Å². The maximum absolute atomic E-state index is 14.7. The number of nitrogens with zero attached hydrogens (tertiary/aromatic N) is 1. The standard InChI is InChI=1S/C40H51FN4O8S/c1-7-27-21-40(27,36(48)44-54(50,51)30-17-18-30)43-34(46)32-22-39(52-6,28-15-12-25(13-16-28)26-14-19-31(41)24(2)20-26)23-45(32)35(47)33(38(3,4)5)42-37(49)53-29-10-8-9-11-29/h7,12-16,19-20,27,29-30,32-33H,1,8-11,17-18,21-23H2,2-6H3,(H,42,49)(H,43,46)(H,44,48)/t27-,32+,33-,39+,40-/m1/s1. The average molecular weight is 767 g/mol. The molecule has 3 N–H and O–H groups in total. The van der Waals surface area contributed by atoms with Gasteiger partial charge < -0.3 is 25.0 Å². The van der Waals surface area contributed by atoms with Gasteiger partial charge in [0.2, 0.25) is 21.8 Å². The van der Waals surface area contributed by atoms with Gasteiger partial charge in [0.1, 0.15) is 35.1 Å². The minimum atomic E-state index is -3.92. The lowest BCUT2D eigenvalue weighted by Gasteiger charge is -2.36. The molecule has 1 aliphatic heterocycles. The van der Waals surface area contributed by atoms with Crippen LogP contribution in [0.4, 0.5) is 9.18 Å². The molecule has 4 aliphatic rings. The summed E-state index contributed by atoms with van der Waals surface area (Å²) in [7, 11) is -2.42. The van der Waals surface area contributed by atoms with E-state index >= 15 is 0 Å². The minimum Gasteiger partial charge on any atom is -0.446 e. The van der Waals surface area contributed by atoms with Crippen LogP contribution < -0.4 is 15.4 Å². The number of carbonyl (C=O) groups excluding carboxylic acids is 4. The summed E-state index contributed by atoms with van der Waals surface area (Å²) in [5, 5.41) is 4.95. The number of amides is 4. The molecular weight excluding hydrogens is 716 g/mol. The van der Waals surface area contributed by atoms with Crippen molar-refractivity contribution in [2.24, 2.45) is 11.3 Å². The third-order valence-corrected chi connectivity index (χ3v) is 13.2. The number of carbonyl (C=O) groups is 4. The van der Waals surface area contributed by atoms with Gasteiger partial charge in [-0.15, -0.1) is 6.58 Å². The summed E-state index contributed by atoms with van der Waals surface area (Å²) in [6.07, 6.45) is 4.95. The van der Waals surface area contributed by atoms with Crippen LogP contribution in [0.1, 0.15) is 83.3 Å². The number of halogens is 1. The van der Waals surface area contributed by atoms with Crippen molar-refractivity contribution in [3.8, 4) is 11.1 Å². The van der Waals surface area contributed by atoms with Crippen molar-refractivity contribution in [3.05, 3.63) is 72.1 Å². The van der Waals surface area contributed by atoms with E-state index in [2.05, 4.69) is 21.9 Å². The Bertz CT molecular complexity index is 1920. The second-order valence-electron chi connectivity index (χ2n) is 16.4. The summed E-state index contributed by atoms with van der Waals surface area (Å²) >= 11 is 0. The molecule has 1 saturated heterocycles. The number of ether oxygens (including phenoxy) is 2. The second kappa shape index (κ2) is 14.7. The molecule has 4 amide bonds. The number of hydrogen-bond donors (Lipinski definition) is 3. The number of sulfonamides is 1. The first-order chi connectivity index (χ1) is 25.4. The minimum absolute atomic E-state index is 0.0176. The van der Waals surface area contributed by atoms with Gasteiger partial charge in [0.05, 0.1) is 11.8 Å². The van der Waals surface area contributed by atoms with Crippen LogP contribution in [0.25, 0.3) is 11.1 Å². The van der Waals surface area contributed by atoms with Gasteiger partial charge in [-0.05, 0) is 91.7 Å². The quantitative estimate of drug-likeness (QED) is 0.255. The molecule has 292 valence electrons. The number of rotatable bonds is 12. The highest BCUT2D eigenvalue weighted by Crippen LogP contribution is 2.47. The fourth-order valence-corrected chi connectivity index (χ4v) is 9.11. The Balaban J connectivity index is 1.32. The molecule has 12 nitrogen and oxygen atoms in total. The Morgan fingerprint density at radius 2 is 1.65 bits per heavy atom. The fourth-order valence-electron chi connectivity index (χ4n) is 7.75. The molecule has 3 saturated carbocycles. The van der Waals surface area contributed by atoms with E-state index in [1.807, 2.05) is 24.3 Å². The summed E-state index contributed by atoms with van der Waals surface area (Å²) in [5.74, 6) is -2.92. The zero-order valence-electron chi connectivity index (χ0n) is 31.6. The molecule has 2 aromatic rings. The van der Waals surface area contributed by atoms with E-state index in [-0.39, 0.29) is 31.3 Å². The Kier molecular flexibility index (Phi) is 10.8. The first-order valence-electron chi connectivity index (χ1n) is 18.6. The fraction of sp³-hybridized carbons (Fsp3) is 0.550. The lowest BCUT2D eigenvalue weighted by atomic mass is 9.85. The topological polar surface area (TPSA) is 160 Å². The van der Waals surface area contributed by atoms with Crippen LogP contribution in [0.5, 0.6) is 0 Å². The van der Waals surface area contributed by atoms with Crippen molar-refractivity contribution in [1.29, 1.82) is 0 Å². The Labute approximate surface area is 316 Å². The molecule has 1 heterocycles. The molecule has 0 aromatic heterocycles. The van der Waals surface area contributed by atoms with E-state index < -0.39 is 73.6 Å². The summed E-state index contributed by atoms with van der Waals surface area (Å²) < 4.78 is 53.5. The molecule has 4 fully saturated rings. The van der Waals surface area contributed by atoms with Crippen LogP contribution >= 0.6 is 0 Å². The lowest BCUT2D eigenvalue weighted by molar-refractivity contribution is -0.143. The van der Waals surface area contributed by atoms with Crippen molar-refractivity contribution in [3.63, 3.8) is 0 Å². The predicted octanol–water partition coefficient (Wildman–Crippen LogP) is 5.00. The Hall–Kier alpha value is -4.30. The van der Waals surface area contributed by atoms with E-state index in [1.165, 1.54) is 24.2 Å². The Morgan fingerprint density at radius 3 is 2.20 bits per heavy atom. The summed E-state index contributed by atoms with van der Waals surface area (Å²) in [5.41, 5.74) is -0.788. The molecule has 0 unspecified atom stereocenters. The second-order valence-corrected chi connectivity index (χ2v) is 18.3. The third-order valence-electron chi connectivity index (χ3n) is 11.4. The zero-order chi connectivity index (χ0) is 39.2. The monoisotopic (exact) mass is 766 g/mol. The van der Waals surface area contributed by atoms with E-state index in [0.717, 1.165) is 36.8 Å². The molecule has 5 atom stereocenters. The van der Waals surface area contributed by atoms with Crippen LogP contribution in [0.2, 0.25) is 0 Å². The summed E-state index contributed by atoms with van der Waals surface area (Å²) in [6.45, 7) is 10.8. The maximum Gasteiger partial charge on any atom is 0.408 e. The van der Waals surface area contributed by atoms with Crippen molar-refractivity contribution >= 4 is 33.8 Å². The highest BCUT2D eigenvalue weighted by Gasteiger charge is 2.62. The van der Waals surface area contributed by atoms with Crippen LogP contribution in [0.3, 0.4) is 0 Å². The van der Waals surface area contributed by atoms with Crippen LogP contribution in [-0.2, 0) is 39.5 Å². The van der Waals surface area contributed by atoms with E-state index in [0.29, 0.717) is 24.0 Å². The molecule has 14 heteroatoms. The predicted molar refractivity (Wildman–Crippen MR) is 200 cm³/mol. The molecule has 54 heavy (non-hydrogen) atoms. The van der Waals surface area contributed by atoms with Crippen LogP contribution in [0, 0.1) is 24.1 Å². The molecule has 6 rings (SSSR count). The first-order valence-corrected chi connectivity index (χ1v) is 20.2. The molecule has 0 radical (unpaired) electrons. The van der Waals surface area contributed by atoms with Gasteiger partial charge in [0.15, 0.2) is 0 Å². The normalized spacial score (nSPS) is 26.1. The van der Waals surface area contributed by atoms with Gasteiger partial charge in [0.25, 0.3) is 5.91 Å². The van der Waals surface area contributed by atoms with Gasteiger partial charge in [-0.2, -0.15) is 0 Å². The SMILES string of the molecule is C=C[C@@H]1C[C@]1(NC(=O)[C@@H]1C[C@@](OC)(c2ccc(-c3ccc(F)c(C)c3)cc2)CN1C(=O)[C@@H](NC(=O)OC1CCCC1)C(C)(C)C)C(=O)NS(=O)(=O)C1CC1. The number of alkyl carbamates (subject to hydrolysis) is 1. The van der Waals surface area contributed by atoms with Gasteiger partial charge in [-0.3, -0.25) is 19.1 Å². The number of methoxy groups -OCH3 is 1. The number of aryl methyl sites for hydroxylation is 1. The average Bonchev–Trinajstić information content (AvgIpc) is 4.01. The van der Waals surface area contributed by atoms with Gasteiger partial charge in [-0.25, -0.2) is 17.6 Å².